The zero-order chi connectivity index (χ0) is 17.2. The molecule has 0 bridgehead atoms. The van der Waals surface area contributed by atoms with Gasteiger partial charge in [0, 0.05) is 12.6 Å². The van der Waals surface area contributed by atoms with E-state index in [9.17, 15) is 0 Å². The van der Waals surface area contributed by atoms with E-state index < -0.39 is 0 Å². The maximum Gasteiger partial charge on any atom is 0.231 e. The Balaban J connectivity index is 1.31. The summed E-state index contributed by atoms with van der Waals surface area (Å²) < 4.78 is 13.6. The lowest BCUT2D eigenvalue weighted by Gasteiger charge is -2.29. The van der Waals surface area contributed by atoms with Crippen molar-refractivity contribution in [2.75, 3.05) is 45.3 Å². The second-order valence-corrected chi connectivity index (χ2v) is 8.07. The molecule has 3 N–H and O–H groups in total. The molecule has 2 aliphatic heterocycles. The number of fused-ring (bicyclic) bond motifs is 1. The molecule has 1 fully saturated rings. The Kier molecular flexibility index (Phi) is 4.89. The fourth-order valence-electron chi connectivity index (χ4n) is 3.35. The average Bonchev–Trinajstić information content (AvgIpc) is 3.23. The van der Waals surface area contributed by atoms with Crippen molar-refractivity contribution in [2.24, 2.45) is 0 Å². The van der Waals surface area contributed by atoms with Crippen LogP contribution in [0.25, 0.3) is 0 Å². The van der Waals surface area contributed by atoms with Crippen molar-refractivity contribution in [3.8, 4) is 11.5 Å². The van der Waals surface area contributed by atoms with Crippen LogP contribution in [0, 0.1) is 3.95 Å². The molecule has 134 valence electrons. The highest BCUT2D eigenvalue weighted by atomic mass is 32.1. The van der Waals surface area contributed by atoms with Crippen LogP contribution in [-0.4, -0.2) is 49.8 Å². The largest absolute Gasteiger partial charge is 0.454 e. The minimum atomic E-state index is 0.335. The number of aromatic nitrogens is 2. The van der Waals surface area contributed by atoms with E-state index in [0.717, 1.165) is 60.0 Å². The standard InChI is InChI=1S/C16H21N5O2S2/c1-17-15-18-21(16(24)25-15)10-20-6-4-19(5-7-20)9-12-2-3-13-14(8-12)23-11-22-13/h2-3,8H,4-7,9-11H2,1H3,(H,17,18)/p+2. The normalized spacial score (nSPS) is 22.1. The van der Waals surface area contributed by atoms with Gasteiger partial charge in [-0.05, 0) is 30.4 Å². The molecular weight excluding hydrogens is 358 g/mol. The molecule has 0 unspecified atom stereocenters. The van der Waals surface area contributed by atoms with E-state index >= 15 is 0 Å². The highest BCUT2D eigenvalue weighted by Crippen LogP contribution is 2.32. The van der Waals surface area contributed by atoms with E-state index in [1.807, 2.05) is 17.8 Å². The van der Waals surface area contributed by atoms with Crippen molar-refractivity contribution < 1.29 is 19.3 Å². The highest BCUT2D eigenvalue weighted by molar-refractivity contribution is 7.73. The fourth-order valence-corrected chi connectivity index (χ4v) is 4.31. The summed E-state index contributed by atoms with van der Waals surface area (Å²) in [6.07, 6.45) is 0. The number of quaternary nitrogens is 2. The molecule has 9 heteroatoms. The first-order valence-electron chi connectivity index (χ1n) is 8.52. The molecule has 0 atom stereocenters. The lowest BCUT2D eigenvalue weighted by molar-refractivity contribution is -1.03. The van der Waals surface area contributed by atoms with Crippen molar-refractivity contribution in [3.05, 3.63) is 27.7 Å². The van der Waals surface area contributed by atoms with Crippen molar-refractivity contribution in [3.63, 3.8) is 0 Å². The number of ether oxygens (including phenoxy) is 2. The van der Waals surface area contributed by atoms with Gasteiger partial charge in [-0.15, -0.1) is 5.10 Å². The Morgan fingerprint density at radius 2 is 1.96 bits per heavy atom. The van der Waals surface area contributed by atoms with Gasteiger partial charge in [0.05, 0.1) is 0 Å². The second-order valence-electron chi connectivity index (χ2n) is 6.45. The average molecular weight is 382 g/mol. The first-order valence-corrected chi connectivity index (χ1v) is 9.75. The van der Waals surface area contributed by atoms with E-state index in [2.05, 4.69) is 22.5 Å². The molecule has 0 spiro atoms. The summed E-state index contributed by atoms with van der Waals surface area (Å²) in [4.78, 5) is 3.15. The van der Waals surface area contributed by atoms with Crippen LogP contribution >= 0.6 is 23.6 Å². The molecule has 3 heterocycles. The summed E-state index contributed by atoms with van der Waals surface area (Å²) in [5.74, 6) is 1.73. The third-order valence-corrected chi connectivity index (χ3v) is 6.07. The van der Waals surface area contributed by atoms with Gasteiger partial charge in [0.25, 0.3) is 0 Å². The second kappa shape index (κ2) is 7.28. The molecule has 4 rings (SSSR count). The van der Waals surface area contributed by atoms with Crippen LogP contribution in [0.3, 0.4) is 0 Å². The van der Waals surface area contributed by atoms with Crippen LogP contribution in [0.5, 0.6) is 11.5 Å². The lowest BCUT2D eigenvalue weighted by Crippen LogP contribution is -3.27. The number of anilines is 1. The minimum absolute atomic E-state index is 0.335. The molecule has 2 aliphatic rings. The SMILES string of the molecule is CNc1nn(C[NH+]2CC[NH+](Cc3ccc4c(c3)OCO4)CC2)c(=S)s1. The Morgan fingerprint density at radius 1 is 1.20 bits per heavy atom. The van der Waals surface area contributed by atoms with Gasteiger partial charge >= 0.3 is 0 Å². The van der Waals surface area contributed by atoms with Crippen LogP contribution in [-0.2, 0) is 13.2 Å². The lowest BCUT2D eigenvalue weighted by atomic mass is 10.1. The molecule has 0 radical (unpaired) electrons. The maximum absolute atomic E-state index is 5.47. The maximum atomic E-state index is 5.47. The van der Waals surface area contributed by atoms with Crippen LogP contribution in [0.15, 0.2) is 18.2 Å². The number of nitrogens with zero attached hydrogens (tertiary/aromatic N) is 2. The Morgan fingerprint density at radius 3 is 2.72 bits per heavy atom. The molecule has 7 nitrogen and oxygen atoms in total. The molecule has 0 saturated carbocycles. The van der Waals surface area contributed by atoms with Gasteiger partial charge in [0.2, 0.25) is 11.9 Å². The summed E-state index contributed by atoms with van der Waals surface area (Å²) in [5, 5.41) is 8.46. The van der Waals surface area contributed by atoms with Gasteiger partial charge < -0.3 is 24.6 Å². The van der Waals surface area contributed by atoms with Gasteiger partial charge in [-0.25, -0.2) is 0 Å². The van der Waals surface area contributed by atoms with Crippen LogP contribution in [0.2, 0.25) is 0 Å². The fraction of sp³-hybridized carbons (Fsp3) is 0.500. The Bertz CT molecular complexity index is 798. The van der Waals surface area contributed by atoms with Crippen LogP contribution in [0.1, 0.15) is 5.56 Å². The van der Waals surface area contributed by atoms with Crippen LogP contribution in [0.4, 0.5) is 5.13 Å². The molecule has 0 aliphatic carbocycles. The van der Waals surface area contributed by atoms with Crippen molar-refractivity contribution in [1.82, 2.24) is 9.78 Å². The van der Waals surface area contributed by atoms with Gasteiger partial charge in [0.15, 0.2) is 22.1 Å². The summed E-state index contributed by atoms with van der Waals surface area (Å²) in [5.41, 5.74) is 1.31. The minimum Gasteiger partial charge on any atom is -0.454 e. The predicted octanol–water partition coefficient (Wildman–Crippen LogP) is -0.614. The molecule has 1 aromatic heterocycles. The number of hydrogen-bond donors (Lipinski definition) is 3. The van der Waals surface area contributed by atoms with E-state index in [-0.39, 0.29) is 0 Å². The topological polar surface area (TPSA) is 57.2 Å². The van der Waals surface area contributed by atoms with Crippen molar-refractivity contribution >= 4 is 28.7 Å². The molecule has 2 aromatic rings. The number of benzene rings is 1. The zero-order valence-corrected chi connectivity index (χ0v) is 15.8. The number of piperazine rings is 1. The molecule has 1 saturated heterocycles. The van der Waals surface area contributed by atoms with E-state index in [4.69, 9.17) is 21.7 Å². The van der Waals surface area contributed by atoms with Gasteiger partial charge in [-0.2, -0.15) is 4.68 Å². The highest BCUT2D eigenvalue weighted by Gasteiger charge is 2.24. The van der Waals surface area contributed by atoms with Crippen LogP contribution < -0.4 is 24.6 Å². The first kappa shape index (κ1) is 16.8. The summed E-state index contributed by atoms with van der Waals surface area (Å²) in [6.45, 7) is 6.79. The molecular formula is C16H23N5O2S2+2. The number of hydrogen-bond acceptors (Lipinski definition) is 6. The smallest absolute Gasteiger partial charge is 0.231 e. The molecule has 25 heavy (non-hydrogen) atoms. The summed E-state index contributed by atoms with van der Waals surface area (Å²) >= 11 is 6.93. The third-order valence-electron chi connectivity index (χ3n) is 4.75. The summed E-state index contributed by atoms with van der Waals surface area (Å²) in [6, 6.07) is 6.28. The monoisotopic (exact) mass is 381 g/mol. The van der Waals surface area contributed by atoms with Gasteiger partial charge in [-0.3, -0.25) is 0 Å². The van der Waals surface area contributed by atoms with Gasteiger partial charge in [0.1, 0.15) is 32.7 Å². The molecule has 0 amide bonds. The van der Waals surface area contributed by atoms with E-state index in [0.29, 0.717) is 6.79 Å². The number of rotatable bonds is 5. The predicted molar refractivity (Wildman–Crippen MR) is 98.1 cm³/mol. The Hall–Kier alpha value is -1.68. The third kappa shape index (κ3) is 3.79. The van der Waals surface area contributed by atoms with Crippen molar-refractivity contribution in [2.45, 2.75) is 13.2 Å². The zero-order valence-electron chi connectivity index (χ0n) is 14.2. The quantitative estimate of drug-likeness (QED) is 0.603. The number of nitrogens with one attached hydrogen (secondary N) is 3. The van der Waals surface area contributed by atoms with E-state index in [1.54, 1.807) is 9.80 Å². The summed E-state index contributed by atoms with van der Waals surface area (Å²) in [7, 11) is 1.88. The molecule has 1 aromatic carbocycles. The van der Waals surface area contributed by atoms with Gasteiger partial charge in [-0.1, -0.05) is 11.3 Å². The first-order chi connectivity index (χ1) is 12.2. The van der Waals surface area contributed by atoms with Crippen molar-refractivity contribution in [1.29, 1.82) is 0 Å². The van der Waals surface area contributed by atoms with E-state index in [1.165, 1.54) is 16.9 Å². The Labute approximate surface area is 155 Å².